The Morgan fingerprint density at radius 1 is 1.23 bits per heavy atom. The molecule has 0 amide bonds. The van der Waals surface area contributed by atoms with Crippen molar-refractivity contribution in [3.05, 3.63) is 35.5 Å². The van der Waals surface area contributed by atoms with E-state index < -0.39 is 5.54 Å². The van der Waals surface area contributed by atoms with Gasteiger partial charge in [0.2, 0.25) is 5.89 Å². The molecule has 1 fully saturated rings. The molecule has 1 saturated carbocycles. The maximum atomic E-state index is 6.60. The summed E-state index contributed by atoms with van der Waals surface area (Å²) < 4.78 is 21.9. The molecule has 1 aromatic carbocycles. The van der Waals surface area contributed by atoms with Crippen molar-refractivity contribution in [3.63, 3.8) is 0 Å². The zero-order valence-electron chi connectivity index (χ0n) is 16.0. The van der Waals surface area contributed by atoms with Crippen molar-refractivity contribution in [2.24, 2.45) is 11.1 Å². The minimum Gasteiger partial charge on any atom is -0.493 e. The fraction of sp³-hybridized carbons (Fsp3) is 0.579. The average Bonchev–Trinajstić information content (AvgIpc) is 3.10. The van der Waals surface area contributed by atoms with Crippen LogP contribution in [0.5, 0.6) is 11.5 Å². The summed E-state index contributed by atoms with van der Waals surface area (Å²) in [4.78, 5) is 4.56. The van der Waals surface area contributed by atoms with Gasteiger partial charge in [0.1, 0.15) is 5.54 Å². The Balaban J connectivity index is 1.77. The Kier molecular flexibility index (Phi) is 4.94. The third-order valence-electron chi connectivity index (χ3n) is 5.49. The van der Waals surface area contributed by atoms with E-state index in [1.165, 1.54) is 0 Å². The van der Waals surface area contributed by atoms with Gasteiger partial charge in [-0.2, -0.15) is 4.98 Å². The molecule has 1 aliphatic rings. The first-order valence-electron chi connectivity index (χ1n) is 8.80. The molecular formula is C19H27N3O4. The highest BCUT2D eigenvalue weighted by atomic mass is 16.5. The van der Waals surface area contributed by atoms with Gasteiger partial charge in [0.15, 0.2) is 17.3 Å². The predicted octanol–water partition coefficient (Wildman–Crippen LogP) is 2.67. The van der Waals surface area contributed by atoms with Gasteiger partial charge >= 0.3 is 0 Å². The molecule has 2 N–H and O–H groups in total. The van der Waals surface area contributed by atoms with Crippen LogP contribution >= 0.6 is 0 Å². The second-order valence-electron chi connectivity index (χ2n) is 7.22. The summed E-state index contributed by atoms with van der Waals surface area (Å²) in [5, 5.41) is 4.12. The van der Waals surface area contributed by atoms with Crippen LogP contribution in [0.1, 0.15) is 44.5 Å². The van der Waals surface area contributed by atoms with Gasteiger partial charge in [-0.25, -0.2) is 0 Å². The first-order chi connectivity index (χ1) is 12.4. The number of ether oxygens (including phenoxy) is 3. The quantitative estimate of drug-likeness (QED) is 0.810. The number of aromatic nitrogens is 2. The van der Waals surface area contributed by atoms with Crippen LogP contribution in [0.4, 0.5) is 0 Å². The molecule has 0 aliphatic heterocycles. The highest BCUT2D eigenvalue weighted by molar-refractivity contribution is 5.43. The van der Waals surface area contributed by atoms with E-state index in [9.17, 15) is 0 Å². The number of methoxy groups -OCH3 is 2. The summed E-state index contributed by atoms with van der Waals surface area (Å²) in [7, 11) is 3.22. The third kappa shape index (κ3) is 2.95. The molecule has 0 radical (unpaired) electrons. The van der Waals surface area contributed by atoms with E-state index in [0.29, 0.717) is 42.7 Å². The van der Waals surface area contributed by atoms with E-state index >= 15 is 0 Å². The van der Waals surface area contributed by atoms with E-state index in [1.54, 1.807) is 14.2 Å². The fourth-order valence-corrected chi connectivity index (χ4v) is 3.48. The molecule has 142 valence electrons. The lowest BCUT2D eigenvalue weighted by Crippen LogP contribution is -2.67. The topological polar surface area (TPSA) is 92.6 Å². The van der Waals surface area contributed by atoms with Crippen LogP contribution in [0, 0.1) is 5.41 Å². The van der Waals surface area contributed by atoms with Crippen molar-refractivity contribution >= 4 is 0 Å². The number of benzene rings is 1. The van der Waals surface area contributed by atoms with Crippen LogP contribution in [0.3, 0.4) is 0 Å². The van der Waals surface area contributed by atoms with Crippen LogP contribution in [0.15, 0.2) is 22.7 Å². The third-order valence-corrected chi connectivity index (χ3v) is 5.49. The number of rotatable bonds is 7. The normalized spacial score (nSPS) is 24.2. The first-order valence-corrected chi connectivity index (χ1v) is 8.80. The van der Waals surface area contributed by atoms with Gasteiger partial charge in [-0.3, -0.25) is 0 Å². The first kappa shape index (κ1) is 18.7. The minimum atomic E-state index is -0.671. The summed E-state index contributed by atoms with van der Waals surface area (Å²) in [6.45, 7) is 6.81. The van der Waals surface area contributed by atoms with Crippen LogP contribution in [0.25, 0.3) is 0 Å². The predicted molar refractivity (Wildman–Crippen MR) is 96.3 cm³/mol. The average molecular weight is 361 g/mol. The molecule has 2 unspecified atom stereocenters. The summed E-state index contributed by atoms with van der Waals surface area (Å²) >= 11 is 0. The zero-order valence-corrected chi connectivity index (χ0v) is 16.0. The Bertz CT molecular complexity index is 774. The SMILES string of the molecule is CCOC1CC(N)(c2nc(Cc3ccc(OC)c(OC)c3)no2)C1(C)C. The smallest absolute Gasteiger partial charge is 0.247 e. The van der Waals surface area contributed by atoms with Gasteiger partial charge in [0, 0.05) is 24.9 Å². The van der Waals surface area contributed by atoms with Crippen LogP contribution in [-0.2, 0) is 16.7 Å². The molecule has 0 bridgehead atoms. The molecule has 26 heavy (non-hydrogen) atoms. The van der Waals surface area contributed by atoms with Crippen molar-refractivity contribution < 1.29 is 18.7 Å². The molecule has 7 heteroatoms. The zero-order chi connectivity index (χ0) is 18.9. The standard InChI is InChI=1S/C19H27N3O4/c1-6-25-15-11-19(20,18(15,2)3)17-21-16(22-26-17)10-12-7-8-13(23-4)14(9-12)24-5/h7-9,15H,6,10-11,20H2,1-5H3. The number of hydrogen-bond acceptors (Lipinski definition) is 7. The molecule has 1 aromatic heterocycles. The fourth-order valence-electron chi connectivity index (χ4n) is 3.48. The van der Waals surface area contributed by atoms with E-state index in [4.69, 9.17) is 24.5 Å². The maximum Gasteiger partial charge on any atom is 0.247 e. The van der Waals surface area contributed by atoms with Crippen molar-refractivity contribution in [3.8, 4) is 11.5 Å². The molecule has 2 aromatic rings. The lowest BCUT2D eigenvalue weighted by atomic mass is 9.54. The van der Waals surface area contributed by atoms with Gasteiger partial charge in [0.05, 0.1) is 20.3 Å². The van der Waals surface area contributed by atoms with E-state index in [0.717, 1.165) is 5.56 Å². The van der Waals surface area contributed by atoms with Gasteiger partial charge in [-0.05, 0) is 24.6 Å². The van der Waals surface area contributed by atoms with Gasteiger partial charge in [-0.1, -0.05) is 25.1 Å². The largest absolute Gasteiger partial charge is 0.493 e. The van der Waals surface area contributed by atoms with Crippen molar-refractivity contribution in [2.45, 2.75) is 45.3 Å². The Morgan fingerprint density at radius 3 is 2.58 bits per heavy atom. The van der Waals surface area contributed by atoms with E-state index in [-0.39, 0.29) is 11.5 Å². The molecular weight excluding hydrogens is 334 g/mol. The van der Waals surface area contributed by atoms with E-state index in [1.807, 2.05) is 25.1 Å². The summed E-state index contributed by atoms with van der Waals surface area (Å²) in [5.74, 6) is 2.41. The lowest BCUT2D eigenvalue weighted by Gasteiger charge is -2.56. The van der Waals surface area contributed by atoms with Crippen LogP contribution < -0.4 is 15.2 Å². The highest BCUT2D eigenvalue weighted by Crippen LogP contribution is 2.55. The summed E-state index contributed by atoms with van der Waals surface area (Å²) in [5.41, 5.74) is 6.66. The summed E-state index contributed by atoms with van der Waals surface area (Å²) in [6, 6.07) is 5.72. The molecule has 0 saturated heterocycles. The monoisotopic (exact) mass is 361 g/mol. The summed E-state index contributed by atoms with van der Waals surface area (Å²) in [6.07, 6.45) is 1.29. The lowest BCUT2D eigenvalue weighted by molar-refractivity contribution is -0.162. The number of nitrogens with zero attached hydrogens (tertiary/aromatic N) is 2. The van der Waals surface area contributed by atoms with Crippen LogP contribution in [-0.4, -0.2) is 37.1 Å². The van der Waals surface area contributed by atoms with Crippen molar-refractivity contribution in [2.75, 3.05) is 20.8 Å². The Morgan fingerprint density at radius 2 is 1.96 bits per heavy atom. The van der Waals surface area contributed by atoms with Crippen LogP contribution in [0.2, 0.25) is 0 Å². The molecule has 3 rings (SSSR count). The van der Waals surface area contributed by atoms with Crippen molar-refractivity contribution in [1.29, 1.82) is 0 Å². The van der Waals surface area contributed by atoms with Crippen molar-refractivity contribution in [1.82, 2.24) is 10.1 Å². The van der Waals surface area contributed by atoms with Gasteiger partial charge in [0.25, 0.3) is 0 Å². The van der Waals surface area contributed by atoms with Gasteiger partial charge in [-0.15, -0.1) is 0 Å². The molecule has 0 spiro atoms. The highest BCUT2D eigenvalue weighted by Gasteiger charge is 2.62. The number of hydrogen-bond donors (Lipinski definition) is 1. The Labute approximate surface area is 153 Å². The molecule has 7 nitrogen and oxygen atoms in total. The molecule has 2 atom stereocenters. The molecule has 1 heterocycles. The second-order valence-corrected chi connectivity index (χ2v) is 7.22. The van der Waals surface area contributed by atoms with Gasteiger partial charge < -0.3 is 24.5 Å². The number of nitrogens with two attached hydrogens (primary N) is 1. The maximum absolute atomic E-state index is 6.60. The molecule has 1 aliphatic carbocycles. The minimum absolute atomic E-state index is 0.0960. The second kappa shape index (κ2) is 6.89. The van der Waals surface area contributed by atoms with E-state index in [2.05, 4.69) is 24.0 Å². The Hall–Kier alpha value is -2.12.